The summed E-state index contributed by atoms with van der Waals surface area (Å²) in [6.45, 7) is 2.13. The number of aromatic nitrogens is 1. The van der Waals surface area contributed by atoms with Gasteiger partial charge in [0.25, 0.3) is 0 Å². The van der Waals surface area contributed by atoms with Crippen molar-refractivity contribution >= 4 is 27.3 Å². The number of nitrogens with zero attached hydrogens (tertiary/aromatic N) is 1. The van der Waals surface area contributed by atoms with Gasteiger partial charge in [-0.2, -0.15) is 0 Å². The van der Waals surface area contributed by atoms with E-state index in [1.807, 2.05) is 16.8 Å². The lowest BCUT2D eigenvalue weighted by Crippen LogP contribution is -2.14. The molecule has 0 spiro atoms. The zero-order valence-electron chi connectivity index (χ0n) is 9.92. The van der Waals surface area contributed by atoms with Gasteiger partial charge in [-0.15, -0.1) is 11.3 Å². The second-order valence-electron chi connectivity index (χ2n) is 4.86. The first-order chi connectivity index (χ1) is 7.81. The highest BCUT2D eigenvalue weighted by Crippen LogP contribution is 2.35. The quantitative estimate of drug-likeness (QED) is 0.725. The summed E-state index contributed by atoms with van der Waals surface area (Å²) in [6.07, 6.45) is 8.37. The van der Waals surface area contributed by atoms with Gasteiger partial charge in [0.05, 0.1) is 11.2 Å². The SMILES string of the molecule is Cc1ncsc1CCC(CBr)C1CCCC1. The average Bonchev–Trinajstić information content (AvgIpc) is 2.92. The van der Waals surface area contributed by atoms with Gasteiger partial charge in [0, 0.05) is 10.2 Å². The standard InChI is InChI=1S/C13H20BrNS/c1-10-13(16-9-15-10)7-6-12(8-14)11-4-2-3-5-11/h9,11-12H,2-8H2,1H3. The van der Waals surface area contributed by atoms with Gasteiger partial charge < -0.3 is 0 Å². The van der Waals surface area contributed by atoms with Gasteiger partial charge in [-0.3, -0.25) is 0 Å². The molecule has 1 aromatic rings. The minimum atomic E-state index is 0.879. The Hall–Kier alpha value is 0.110. The van der Waals surface area contributed by atoms with Crippen LogP contribution < -0.4 is 0 Å². The first kappa shape index (κ1) is 12.6. The van der Waals surface area contributed by atoms with E-state index in [0.717, 1.165) is 11.8 Å². The maximum Gasteiger partial charge on any atom is 0.0797 e. The third kappa shape index (κ3) is 3.07. The molecule has 1 saturated carbocycles. The van der Waals surface area contributed by atoms with Crippen LogP contribution in [0.5, 0.6) is 0 Å². The van der Waals surface area contributed by atoms with Crippen molar-refractivity contribution in [3.8, 4) is 0 Å². The van der Waals surface area contributed by atoms with E-state index < -0.39 is 0 Å². The predicted molar refractivity (Wildman–Crippen MR) is 74.4 cm³/mol. The molecule has 1 atom stereocenters. The Morgan fingerprint density at radius 2 is 2.25 bits per heavy atom. The van der Waals surface area contributed by atoms with E-state index >= 15 is 0 Å². The number of thiazole rings is 1. The second-order valence-corrected chi connectivity index (χ2v) is 6.45. The molecule has 90 valence electrons. The van der Waals surface area contributed by atoms with Crippen LogP contribution in [0.4, 0.5) is 0 Å². The maximum atomic E-state index is 4.32. The van der Waals surface area contributed by atoms with E-state index in [1.165, 1.54) is 54.4 Å². The molecule has 1 fully saturated rings. The molecule has 1 aliphatic rings. The summed E-state index contributed by atoms with van der Waals surface area (Å²) in [5.41, 5.74) is 3.22. The van der Waals surface area contributed by atoms with Gasteiger partial charge in [-0.1, -0.05) is 41.6 Å². The van der Waals surface area contributed by atoms with Crippen molar-refractivity contribution in [2.24, 2.45) is 11.8 Å². The number of aryl methyl sites for hydroxylation is 2. The van der Waals surface area contributed by atoms with E-state index in [4.69, 9.17) is 0 Å². The van der Waals surface area contributed by atoms with E-state index in [-0.39, 0.29) is 0 Å². The van der Waals surface area contributed by atoms with Crippen LogP contribution in [0.1, 0.15) is 42.7 Å². The van der Waals surface area contributed by atoms with Crippen LogP contribution in [-0.4, -0.2) is 10.3 Å². The second kappa shape index (κ2) is 6.15. The molecule has 0 N–H and O–H groups in total. The van der Waals surface area contributed by atoms with Crippen molar-refractivity contribution in [2.45, 2.75) is 45.4 Å². The normalized spacial score (nSPS) is 19.1. The summed E-state index contributed by atoms with van der Waals surface area (Å²) in [5, 5.41) is 1.18. The Kier molecular flexibility index (Phi) is 4.83. The first-order valence-corrected chi connectivity index (χ1v) is 8.26. The highest BCUT2D eigenvalue weighted by atomic mass is 79.9. The lowest BCUT2D eigenvalue weighted by Gasteiger charge is -2.20. The van der Waals surface area contributed by atoms with Gasteiger partial charge in [0.15, 0.2) is 0 Å². The fraction of sp³-hybridized carbons (Fsp3) is 0.769. The van der Waals surface area contributed by atoms with Crippen LogP contribution in [-0.2, 0) is 6.42 Å². The molecule has 3 heteroatoms. The minimum absolute atomic E-state index is 0.879. The molecule has 2 rings (SSSR count). The zero-order chi connectivity index (χ0) is 11.4. The van der Waals surface area contributed by atoms with Crippen LogP contribution >= 0.6 is 27.3 Å². The van der Waals surface area contributed by atoms with Crippen molar-refractivity contribution < 1.29 is 0 Å². The largest absolute Gasteiger partial charge is 0.250 e. The number of rotatable bonds is 5. The number of halogens is 1. The van der Waals surface area contributed by atoms with Gasteiger partial charge in [0.1, 0.15) is 0 Å². The van der Waals surface area contributed by atoms with Crippen LogP contribution in [0.25, 0.3) is 0 Å². The number of hydrogen-bond donors (Lipinski definition) is 0. The Balaban J connectivity index is 1.85. The Bertz CT molecular complexity index is 317. The molecular weight excluding hydrogens is 282 g/mol. The van der Waals surface area contributed by atoms with Crippen LogP contribution in [0.15, 0.2) is 5.51 Å². The summed E-state index contributed by atoms with van der Waals surface area (Å²) < 4.78 is 0. The molecule has 16 heavy (non-hydrogen) atoms. The molecule has 1 unspecified atom stereocenters. The summed E-state index contributed by atoms with van der Waals surface area (Å²) in [6, 6.07) is 0. The summed E-state index contributed by atoms with van der Waals surface area (Å²) in [5.74, 6) is 1.86. The zero-order valence-corrected chi connectivity index (χ0v) is 12.3. The van der Waals surface area contributed by atoms with Crippen molar-refractivity contribution in [1.82, 2.24) is 4.98 Å². The van der Waals surface area contributed by atoms with Crippen molar-refractivity contribution in [1.29, 1.82) is 0 Å². The molecular formula is C13H20BrNS. The molecule has 0 bridgehead atoms. The molecule has 0 aromatic carbocycles. The van der Waals surface area contributed by atoms with Crippen LogP contribution in [0.3, 0.4) is 0 Å². The van der Waals surface area contributed by atoms with E-state index in [0.29, 0.717) is 0 Å². The summed E-state index contributed by atoms with van der Waals surface area (Å²) in [4.78, 5) is 5.81. The van der Waals surface area contributed by atoms with Gasteiger partial charge in [0.2, 0.25) is 0 Å². The molecule has 0 aliphatic heterocycles. The van der Waals surface area contributed by atoms with Crippen LogP contribution in [0, 0.1) is 18.8 Å². The third-order valence-corrected chi connectivity index (χ3v) is 5.68. The van der Waals surface area contributed by atoms with Crippen molar-refractivity contribution in [2.75, 3.05) is 5.33 Å². The van der Waals surface area contributed by atoms with Crippen molar-refractivity contribution in [3.63, 3.8) is 0 Å². The Labute approximate surface area is 111 Å². The predicted octanol–water partition coefficient (Wildman–Crippen LogP) is 4.59. The molecule has 0 amide bonds. The highest BCUT2D eigenvalue weighted by molar-refractivity contribution is 9.09. The topological polar surface area (TPSA) is 12.9 Å². The number of hydrogen-bond acceptors (Lipinski definition) is 2. The van der Waals surface area contributed by atoms with E-state index in [9.17, 15) is 0 Å². The Morgan fingerprint density at radius 1 is 1.50 bits per heavy atom. The van der Waals surface area contributed by atoms with E-state index in [2.05, 4.69) is 27.8 Å². The summed E-state index contributed by atoms with van der Waals surface area (Å²) in [7, 11) is 0. The third-order valence-electron chi connectivity index (χ3n) is 3.85. The molecule has 0 radical (unpaired) electrons. The lowest BCUT2D eigenvalue weighted by molar-refractivity contribution is 0.354. The number of alkyl halides is 1. The van der Waals surface area contributed by atoms with Crippen molar-refractivity contribution in [3.05, 3.63) is 16.1 Å². The van der Waals surface area contributed by atoms with E-state index in [1.54, 1.807) is 0 Å². The lowest BCUT2D eigenvalue weighted by atomic mass is 9.88. The van der Waals surface area contributed by atoms with Crippen LogP contribution in [0.2, 0.25) is 0 Å². The average molecular weight is 302 g/mol. The highest BCUT2D eigenvalue weighted by Gasteiger charge is 2.24. The molecule has 1 nitrogen and oxygen atoms in total. The fourth-order valence-electron chi connectivity index (χ4n) is 2.75. The smallest absolute Gasteiger partial charge is 0.0797 e. The fourth-order valence-corrected chi connectivity index (χ4v) is 4.40. The van der Waals surface area contributed by atoms with Gasteiger partial charge in [-0.25, -0.2) is 4.98 Å². The molecule has 0 saturated heterocycles. The Morgan fingerprint density at radius 3 is 2.81 bits per heavy atom. The van der Waals surface area contributed by atoms with Gasteiger partial charge in [-0.05, 0) is 31.6 Å². The minimum Gasteiger partial charge on any atom is -0.250 e. The molecule has 1 heterocycles. The maximum absolute atomic E-state index is 4.32. The molecule has 1 aliphatic carbocycles. The monoisotopic (exact) mass is 301 g/mol. The first-order valence-electron chi connectivity index (χ1n) is 6.26. The molecule has 1 aromatic heterocycles. The summed E-state index contributed by atoms with van der Waals surface area (Å²) >= 11 is 5.51. The van der Waals surface area contributed by atoms with Gasteiger partial charge >= 0.3 is 0 Å².